The maximum absolute atomic E-state index is 5.69. The van der Waals surface area contributed by atoms with Gasteiger partial charge >= 0.3 is 0 Å². The monoisotopic (exact) mass is 233 g/mol. The summed E-state index contributed by atoms with van der Waals surface area (Å²) >= 11 is 0. The summed E-state index contributed by atoms with van der Waals surface area (Å²) in [6.07, 6.45) is 5.73. The molecule has 0 aromatic carbocycles. The Morgan fingerprint density at radius 2 is 2.24 bits per heavy atom. The third-order valence-corrected chi connectivity index (χ3v) is 3.27. The van der Waals surface area contributed by atoms with Gasteiger partial charge in [0.2, 0.25) is 0 Å². The Balaban J connectivity index is 2.08. The van der Waals surface area contributed by atoms with E-state index in [1.54, 1.807) is 0 Å². The maximum Gasteiger partial charge on any atom is 0.129 e. The molecule has 0 amide bonds. The van der Waals surface area contributed by atoms with E-state index in [0.717, 1.165) is 18.3 Å². The minimum atomic E-state index is 0.595. The minimum Gasteiger partial charge on any atom is -0.354 e. The van der Waals surface area contributed by atoms with Crippen molar-refractivity contribution in [1.82, 2.24) is 4.98 Å². The number of anilines is 1. The molecule has 0 atom stereocenters. The van der Waals surface area contributed by atoms with Crippen LogP contribution in [0.5, 0.6) is 0 Å². The third kappa shape index (κ3) is 3.43. The van der Waals surface area contributed by atoms with Crippen molar-refractivity contribution in [1.29, 1.82) is 0 Å². The fourth-order valence-electron chi connectivity index (χ4n) is 2.01. The molecule has 94 valence electrons. The second kappa shape index (κ2) is 5.50. The summed E-state index contributed by atoms with van der Waals surface area (Å²) < 4.78 is 0. The van der Waals surface area contributed by atoms with Crippen molar-refractivity contribution in [2.24, 2.45) is 11.7 Å². The van der Waals surface area contributed by atoms with Gasteiger partial charge in [0.15, 0.2) is 0 Å². The lowest BCUT2D eigenvalue weighted by molar-refractivity contribution is 0.568. The smallest absolute Gasteiger partial charge is 0.129 e. The largest absolute Gasteiger partial charge is 0.354 e. The van der Waals surface area contributed by atoms with E-state index in [9.17, 15) is 0 Å². The van der Waals surface area contributed by atoms with Crippen LogP contribution in [-0.4, -0.2) is 17.6 Å². The standard InChI is InChI=1S/C14H23N3/c1-11(2)6-8-17(13-3-4-13)14-9-12(10-15)5-7-16-14/h5,7,9,11,13H,3-4,6,8,10,15H2,1-2H3. The first kappa shape index (κ1) is 12.4. The van der Waals surface area contributed by atoms with Crippen molar-refractivity contribution in [3.8, 4) is 0 Å². The van der Waals surface area contributed by atoms with Gasteiger partial charge < -0.3 is 10.6 Å². The molecule has 0 unspecified atom stereocenters. The van der Waals surface area contributed by atoms with E-state index in [4.69, 9.17) is 5.73 Å². The Morgan fingerprint density at radius 1 is 1.47 bits per heavy atom. The third-order valence-electron chi connectivity index (χ3n) is 3.27. The Labute approximate surface area is 104 Å². The van der Waals surface area contributed by atoms with Crippen LogP contribution in [0.1, 0.15) is 38.7 Å². The van der Waals surface area contributed by atoms with Crippen LogP contribution in [-0.2, 0) is 6.54 Å². The highest BCUT2D eigenvalue weighted by molar-refractivity contribution is 5.43. The molecule has 2 rings (SSSR count). The van der Waals surface area contributed by atoms with Gasteiger partial charge in [-0.2, -0.15) is 0 Å². The summed E-state index contributed by atoms with van der Waals surface area (Å²) in [4.78, 5) is 6.95. The van der Waals surface area contributed by atoms with Crippen LogP contribution in [0.15, 0.2) is 18.3 Å². The summed E-state index contributed by atoms with van der Waals surface area (Å²) in [6, 6.07) is 4.85. The van der Waals surface area contributed by atoms with E-state index in [-0.39, 0.29) is 0 Å². The highest BCUT2D eigenvalue weighted by Gasteiger charge is 2.29. The average molecular weight is 233 g/mol. The number of nitrogens with zero attached hydrogens (tertiary/aromatic N) is 2. The summed E-state index contributed by atoms with van der Waals surface area (Å²) in [5.74, 6) is 1.85. The minimum absolute atomic E-state index is 0.595. The van der Waals surface area contributed by atoms with Crippen molar-refractivity contribution >= 4 is 5.82 Å². The molecule has 1 aromatic rings. The van der Waals surface area contributed by atoms with Crippen molar-refractivity contribution in [3.63, 3.8) is 0 Å². The van der Waals surface area contributed by atoms with Crippen LogP contribution in [0.2, 0.25) is 0 Å². The normalized spacial score (nSPS) is 15.3. The highest BCUT2D eigenvalue weighted by Crippen LogP contribution is 2.31. The molecule has 0 radical (unpaired) electrons. The molecule has 1 aliphatic carbocycles. The lowest BCUT2D eigenvalue weighted by atomic mass is 10.1. The van der Waals surface area contributed by atoms with E-state index in [1.807, 2.05) is 12.3 Å². The summed E-state index contributed by atoms with van der Waals surface area (Å²) in [6.45, 7) is 6.26. The average Bonchev–Trinajstić information content (AvgIpc) is 3.14. The Morgan fingerprint density at radius 3 is 2.82 bits per heavy atom. The number of pyridine rings is 1. The van der Waals surface area contributed by atoms with Crippen molar-refractivity contribution in [2.45, 2.75) is 45.7 Å². The Bertz CT molecular complexity index is 358. The van der Waals surface area contributed by atoms with Crippen molar-refractivity contribution in [2.75, 3.05) is 11.4 Å². The summed E-state index contributed by atoms with van der Waals surface area (Å²) in [5.41, 5.74) is 6.86. The van der Waals surface area contributed by atoms with E-state index >= 15 is 0 Å². The van der Waals surface area contributed by atoms with Gasteiger partial charge in [-0.1, -0.05) is 13.8 Å². The molecule has 2 N–H and O–H groups in total. The maximum atomic E-state index is 5.69. The topological polar surface area (TPSA) is 42.1 Å². The van der Waals surface area contributed by atoms with Gasteiger partial charge in [0.05, 0.1) is 0 Å². The van der Waals surface area contributed by atoms with E-state index in [0.29, 0.717) is 12.6 Å². The molecule has 3 heteroatoms. The van der Waals surface area contributed by atoms with E-state index in [1.165, 1.54) is 24.8 Å². The van der Waals surface area contributed by atoms with Crippen molar-refractivity contribution < 1.29 is 0 Å². The number of hydrogen-bond donors (Lipinski definition) is 1. The second-order valence-electron chi connectivity index (χ2n) is 5.33. The summed E-state index contributed by atoms with van der Waals surface area (Å²) in [5, 5.41) is 0. The van der Waals surface area contributed by atoms with Gasteiger partial charge in [0.25, 0.3) is 0 Å². The quantitative estimate of drug-likeness (QED) is 0.821. The highest BCUT2D eigenvalue weighted by atomic mass is 15.2. The molecule has 0 aliphatic heterocycles. The van der Waals surface area contributed by atoms with Gasteiger partial charge in [0.1, 0.15) is 5.82 Å². The Kier molecular flexibility index (Phi) is 4.00. The molecule has 0 saturated heterocycles. The van der Waals surface area contributed by atoms with Gasteiger partial charge in [-0.3, -0.25) is 0 Å². The zero-order valence-electron chi connectivity index (χ0n) is 10.9. The molecule has 1 heterocycles. The van der Waals surface area contributed by atoms with Crippen LogP contribution in [0.4, 0.5) is 5.82 Å². The molecule has 1 fully saturated rings. The number of hydrogen-bond acceptors (Lipinski definition) is 3. The molecular weight excluding hydrogens is 210 g/mol. The first-order chi connectivity index (χ1) is 8.20. The van der Waals surface area contributed by atoms with Crippen LogP contribution in [0, 0.1) is 5.92 Å². The van der Waals surface area contributed by atoms with E-state index < -0.39 is 0 Å². The fraction of sp³-hybridized carbons (Fsp3) is 0.643. The van der Waals surface area contributed by atoms with E-state index in [2.05, 4.69) is 29.8 Å². The molecule has 1 aromatic heterocycles. The van der Waals surface area contributed by atoms with Gasteiger partial charge in [-0.25, -0.2) is 4.98 Å². The Hall–Kier alpha value is -1.09. The molecule has 0 spiro atoms. The van der Waals surface area contributed by atoms with Crippen LogP contribution < -0.4 is 10.6 Å². The SMILES string of the molecule is CC(C)CCN(c1cc(CN)ccn1)C1CC1. The van der Waals surface area contributed by atoms with Crippen LogP contribution in [0.3, 0.4) is 0 Å². The summed E-state index contributed by atoms with van der Waals surface area (Å²) in [7, 11) is 0. The van der Waals surface area contributed by atoms with Gasteiger partial charge in [-0.05, 0) is 42.9 Å². The molecule has 0 bridgehead atoms. The molecule has 1 saturated carbocycles. The molecule has 3 nitrogen and oxygen atoms in total. The molecule has 17 heavy (non-hydrogen) atoms. The number of aromatic nitrogens is 1. The zero-order chi connectivity index (χ0) is 12.3. The van der Waals surface area contributed by atoms with Crippen LogP contribution in [0.25, 0.3) is 0 Å². The molecule has 1 aliphatic rings. The first-order valence-electron chi connectivity index (χ1n) is 6.62. The number of nitrogens with two attached hydrogens (primary N) is 1. The zero-order valence-corrected chi connectivity index (χ0v) is 10.9. The molecular formula is C14H23N3. The number of rotatable bonds is 6. The predicted molar refractivity (Wildman–Crippen MR) is 72.0 cm³/mol. The lowest BCUT2D eigenvalue weighted by Crippen LogP contribution is -2.28. The lowest BCUT2D eigenvalue weighted by Gasteiger charge is -2.24. The predicted octanol–water partition coefficient (Wildman–Crippen LogP) is 2.56. The van der Waals surface area contributed by atoms with Crippen LogP contribution >= 0.6 is 0 Å². The second-order valence-corrected chi connectivity index (χ2v) is 5.33. The van der Waals surface area contributed by atoms with Gasteiger partial charge in [0, 0.05) is 25.3 Å². The first-order valence-corrected chi connectivity index (χ1v) is 6.62. The fourth-order valence-corrected chi connectivity index (χ4v) is 2.01. The van der Waals surface area contributed by atoms with Gasteiger partial charge in [-0.15, -0.1) is 0 Å². The van der Waals surface area contributed by atoms with Crippen molar-refractivity contribution in [3.05, 3.63) is 23.9 Å².